The number of nitrogens with zero attached hydrogens (tertiary/aromatic N) is 3. The Balaban J connectivity index is 1.69. The van der Waals surface area contributed by atoms with Crippen LogP contribution in [0.15, 0.2) is 59.9 Å². The van der Waals surface area contributed by atoms with Crippen LogP contribution in [0.1, 0.15) is 53.8 Å². The van der Waals surface area contributed by atoms with Crippen molar-refractivity contribution in [2.24, 2.45) is 0 Å². The van der Waals surface area contributed by atoms with E-state index in [1.54, 1.807) is 31.5 Å². The standard InChI is InChI=1S/C25H27N3O4S/c1-17-4-7-21(8-5-17)19(3)28-25(30)11-9-23(33(28,31)32)13-20-6-10-24(22(12-20)15-29)27-14-18(2)26-16-27/h4-8,10,12-14,16,19,29H,9,11,15H2,1-3H3/b23-13+. The second-order valence-corrected chi connectivity index (χ2v) is 10.2. The van der Waals surface area contributed by atoms with Crippen LogP contribution in [0.2, 0.25) is 0 Å². The van der Waals surface area contributed by atoms with E-state index in [0.29, 0.717) is 11.1 Å². The van der Waals surface area contributed by atoms with E-state index in [1.165, 1.54) is 0 Å². The SMILES string of the molecule is Cc1ccc(C(C)N2C(=O)CC/C(=C\c3ccc(-n4cnc(C)c4)c(CO)c3)S2(=O)=O)cc1. The van der Waals surface area contributed by atoms with E-state index in [-0.39, 0.29) is 24.4 Å². The minimum absolute atomic E-state index is 0.126. The van der Waals surface area contributed by atoms with Crippen molar-refractivity contribution in [1.82, 2.24) is 13.9 Å². The Kier molecular flexibility index (Phi) is 6.23. The van der Waals surface area contributed by atoms with E-state index >= 15 is 0 Å². The Morgan fingerprint density at radius 2 is 1.85 bits per heavy atom. The molecule has 1 aromatic heterocycles. The molecule has 1 fully saturated rings. The number of aliphatic hydroxyl groups excluding tert-OH is 1. The molecular weight excluding hydrogens is 438 g/mol. The molecule has 1 unspecified atom stereocenters. The fourth-order valence-electron chi connectivity index (χ4n) is 4.09. The number of carbonyl (C=O) groups excluding carboxylic acids is 1. The van der Waals surface area contributed by atoms with Gasteiger partial charge in [0.2, 0.25) is 5.91 Å². The van der Waals surface area contributed by atoms with E-state index in [1.807, 2.05) is 54.9 Å². The zero-order valence-corrected chi connectivity index (χ0v) is 19.7. The van der Waals surface area contributed by atoms with Crippen LogP contribution in [0.25, 0.3) is 11.8 Å². The number of benzene rings is 2. The maximum atomic E-state index is 13.4. The number of carbonyl (C=O) groups is 1. The van der Waals surface area contributed by atoms with E-state index < -0.39 is 22.0 Å². The molecule has 1 aliphatic heterocycles. The number of hydrogen-bond acceptors (Lipinski definition) is 5. The van der Waals surface area contributed by atoms with Gasteiger partial charge in [-0.05, 0) is 56.5 Å². The van der Waals surface area contributed by atoms with Crippen LogP contribution in [-0.4, -0.2) is 33.3 Å². The van der Waals surface area contributed by atoms with Gasteiger partial charge >= 0.3 is 0 Å². The monoisotopic (exact) mass is 465 g/mol. The third-order valence-electron chi connectivity index (χ3n) is 5.92. The molecule has 7 nitrogen and oxygen atoms in total. The fourth-order valence-corrected chi connectivity index (χ4v) is 5.89. The van der Waals surface area contributed by atoms with Gasteiger partial charge in [-0.25, -0.2) is 17.7 Å². The first-order chi connectivity index (χ1) is 15.7. The molecule has 172 valence electrons. The van der Waals surface area contributed by atoms with E-state index in [0.717, 1.165) is 26.8 Å². The predicted molar refractivity (Wildman–Crippen MR) is 127 cm³/mol. The normalized spacial score (nSPS) is 18.0. The third kappa shape index (κ3) is 4.49. The van der Waals surface area contributed by atoms with Gasteiger partial charge in [-0.3, -0.25) is 4.79 Å². The molecule has 1 aliphatic rings. The van der Waals surface area contributed by atoms with Gasteiger partial charge in [-0.15, -0.1) is 0 Å². The number of aryl methyl sites for hydroxylation is 2. The lowest BCUT2D eigenvalue weighted by molar-refractivity contribution is -0.128. The number of aromatic nitrogens is 2. The first-order valence-corrected chi connectivity index (χ1v) is 12.2. The summed E-state index contributed by atoms with van der Waals surface area (Å²) in [4.78, 5) is 17.1. The second kappa shape index (κ2) is 8.96. The highest BCUT2D eigenvalue weighted by atomic mass is 32.2. The molecule has 0 saturated carbocycles. The minimum atomic E-state index is -3.98. The average Bonchev–Trinajstić information content (AvgIpc) is 3.21. The summed E-state index contributed by atoms with van der Waals surface area (Å²) in [7, 11) is -3.98. The van der Waals surface area contributed by atoms with Crippen LogP contribution in [0.3, 0.4) is 0 Å². The summed E-state index contributed by atoms with van der Waals surface area (Å²) in [5.41, 5.74) is 4.75. The molecule has 33 heavy (non-hydrogen) atoms. The third-order valence-corrected chi connectivity index (χ3v) is 7.95. The lowest BCUT2D eigenvalue weighted by Gasteiger charge is -2.33. The average molecular weight is 466 g/mol. The Morgan fingerprint density at radius 1 is 1.12 bits per heavy atom. The molecule has 1 amide bonds. The Morgan fingerprint density at radius 3 is 2.48 bits per heavy atom. The largest absolute Gasteiger partial charge is 0.392 e. The van der Waals surface area contributed by atoms with Crippen LogP contribution in [0.5, 0.6) is 0 Å². The van der Waals surface area contributed by atoms with E-state index in [2.05, 4.69) is 4.98 Å². The number of sulfonamides is 1. The highest BCUT2D eigenvalue weighted by Crippen LogP contribution is 2.35. The van der Waals surface area contributed by atoms with Crippen LogP contribution < -0.4 is 0 Å². The van der Waals surface area contributed by atoms with Crippen LogP contribution in [0.4, 0.5) is 0 Å². The van der Waals surface area contributed by atoms with Crippen LogP contribution >= 0.6 is 0 Å². The zero-order chi connectivity index (χ0) is 23.8. The number of imidazole rings is 1. The van der Waals surface area contributed by atoms with Gasteiger partial charge < -0.3 is 9.67 Å². The van der Waals surface area contributed by atoms with Crippen molar-refractivity contribution in [2.75, 3.05) is 0 Å². The van der Waals surface area contributed by atoms with Crippen molar-refractivity contribution in [1.29, 1.82) is 0 Å². The zero-order valence-electron chi connectivity index (χ0n) is 18.9. The van der Waals surface area contributed by atoms with Crippen molar-refractivity contribution >= 4 is 22.0 Å². The summed E-state index contributed by atoms with van der Waals surface area (Å²) in [5.74, 6) is -0.401. The van der Waals surface area contributed by atoms with Crippen LogP contribution in [-0.2, 0) is 21.4 Å². The van der Waals surface area contributed by atoms with E-state index in [4.69, 9.17) is 0 Å². The number of aliphatic hydroxyl groups is 1. The van der Waals surface area contributed by atoms with Gasteiger partial charge in [0.1, 0.15) is 0 Å². The maximum absolute atomic E-state index is 13.4. The highest BCUT2D eigenvalue weighted by Gasteiger charge is 2.39. The summed E-state index contributed by atoms with van der Waals surface area (Å²) in [6, 6.07) is 12.3. The van der Waals surface area contributed by atoms with Crippen molar-refractivity contribution in [2.45, 2.75) is 46.3 Å². The number of hydrogen-bond donors (Lipinski definition) is 1. The molecule has 1 saturated heterocycles. The van der Waals surface area contributed by atoms with Crippen LogP contribution in [0, 0.1) is 13.8 Å². The molecule has 0 radical (unpaired) electrons. The second-order valence-electron chi connectivity index (χ2n) is 8.36. The number of rotatable bonds is 5. The van der Waals surface area contributed by atoms with Gasteiger partial charge in [-0.2, -0.15) is 0 Å². The summed E-state index contributed by atoms with van der Waals surface area (Å²) >= 11 is 0. The van der Waals surface area contributed by atoms with E-state index in [9.17, 15) is 18.3 Å². The number of allylic oxidation sites excluding steroid dienone is 1. The van der Waals surface area contributed by atoms with Crippen molar-refractivity contribution in [3.8, 4) is 5.69 Å². The number of amides is 1. The molecule has 1 N–H and O–H groups in total. The first kappa shape index (κ1) is 22.9. The fraction of sp³-hybridized carbons (Fsp3) is 0.280. The predicted octanol–water partition coefficient (Wildman–Crippen LogP) is 4.04. The molecule has 8 heteroatoms. The molecule has 3 aromatic rings. The highest BCUT2D eigenvalue weighted by molar-refractivity contribution is 7.93. The van der Waals surface area contributed by atoms with Gasteiger partial charge in [0.15, 0.2) is 0 Å². The molecule has 2 heterocycles. The lowest BCUT2D eigenvalue weighted by atomic mass is 10.1. The maximum Gasteiger partial charge on any atom is 0.263 e. The molecule has 0 bridgehead atoms. The van der Waals surface area contributed by atoms with Crippen molar-refractivity contribution < 1.29 is 18.3 Å². The van der Waals surface area contributed by atoms with Gasteiger partial charge in [0, 0.05) is 18.2 Å². The smallest absolute Gasteiger partial charge is 0.263 e. The van der Waals surface area contributed by atoms with Gasteiger partial charge in [0.25, 0.3) is 10.0 Å². The molecule has 1 atom stereocenters. The Bertz CT molecular complexity index is 1320. The van der Waals surface area contributed by atoms with Crippen molar-refractivity contribution in [3.05, 3.63) is 87.8 Å². The molecular formula is C25H27N3O4S. The van der Waals surface area contributed by atoms with Gasteiger partial charge in [-0.1, -0.05) is 35.9 Å². The minimum Gasteiger partial charge on any atom is -0.392 e. The molecule has 0 spiro atoms. The molecule has 2 aromatic carbocycles. The van der Waals surface area contributed by atoms with Gasteiger partial charge in [0.05, 0.1) is 35.3 Å². The molecule has 0 aliphatic carbocycles. The summed E-state index contributed by atoms with van der Waals surface area (Å²) in [6.07, 6.45) is 5.39. The summed E-state index contributed by atoms with van der Waals surface area (Å²) in [5, 5.41) is 9.89. The Hall–Kier alpha value is -3.23. The summed E-state index contributed by atoms with van der Waals surface area (Å²) in [6.45, 7) is 5.37. The molecule has 4 rings (SSSR count). The quantitative estimate of drug-likeness (QED) is 0.614. The first-order valence-electron chi connectivity index (χ1n) is 10.8. The Labute approximate surface area is 194 Å². The summed E-state index contributed by atoms with van der Waals surface area (Å²) < 4.78 is 29.7. The lowest BCUT2D eigenvalue weighted by Crippen LogP contribution is -2.42. The van der Waals surface area contributed by atoms with Crippen molar-refractivity contribution in [3.63, 3.8) is 0 Å². The topological polar surface area (TPSA) is 92.5 Å².